The molecule has 0 bridgehead atoms. The first-order valence-corrected chi connectivity index (χ1v) is 6.73. The number of halogens is 1. The van der Waals surface area contributed by atoms with E-state index in [1.807, 2.05) is 12.4 Å². The lowest BCUT2D eigenvalue weighted by molar-refractivity contribution is 1.12. The van der Waals surface area contributed by atoms with Crippen LogP contribution in [0.2, 0.25) is 0 Å². The first-order valence-electron chi connectivity index (χ1n) is 5.06. The summed E-state index contributed by atoms with van der Waals surface area (Å²) in [5, 5.41) is 3.41. The van der Waals surface area contributed by atoms with E-state index in [4.69, 9.17) is 0 Å². The average Bonchev–Trinajstić information content (AvgIpc) is 2.66. The standard InChI is InChI=1S/C12H13BrN2S/c1-8-5-10(3-4-11(8)13)14-6-12-9(2)15-7-16-12/h3-5,7,14H,6H2,1-2H3. The molecule has 0 aliphatic rings. The monoisotopic (exact) mass is 296 g/mol. The van der Waals surface area contributed by atoms with Crippen LogP contribution in [0.25, 0.3) is 0 Å². The normalized spacial score (nSPS) is 10.4. The molecule has 0 unspecified atom stereocenters. The Morgan fingerprint density at radius 3 is 2.81 bits per heavy atom. The summed E-state index contributed by atoms with van der Waals surface area (Å²) in [4.78, 5) is 5.52. The Morgan fingerprint density at radius 2 is 2.19 bits per heavy atom. The van der Waals surface area contributed by atoms with Gasteiger partial charge in [-0.05, 0) is 37.6 Å². The fourth-order valence-electron chi connectivity index (χ4n) is 1.43. The Kier molecular flexibility index (Phi) is 3.61. The third-order valence-corrected chi connectivity index (χ3v) is 4.28. The lowest BCUT2D eigenvalue weighted by Gasteiger charge is -2.07. The van der Waals surface area contributed by atoms with E-state index >= 15 is 0 Å². The quantitative estimate of drug-likeness (QED) is 0.921. The molecule has 0 spiro atoms. The van der Waals surface area contributed by atoms with Crippen LogP contribution in [-0.2, 0) is 6.54 Å². The third-order valence-electron chi connectivity index (χ3n) is 2.46. The van der Waals surface area contributed by atoms with E-state index in [2.05, 4.69) is 51.4 Å². The molecule has 84 valence electrons. The molecule has 0 radical (unpaired) electrons. The van der Waals surface area contributed by atoms with Crippen molar-refractivity contribution in [3.05, 3.63) is 44.3 Å². The van der Waals surface area contributed by atoms with Crippen molar-refractivity contribution in [1.82, 2.24) is 4.98 Å². The highest BCUT2D eigenvalue weighted by Gasteiger charge is 2.01. The van der Waals surface area contributed by atoms with Gasteiger partial charge in [0.2, 0.25) is 0 Å². The van der Waals surface area contributed by atoms with Crippen LogP contribution in [0.1, 0.15) is 16.1 Å². The molecule has 0 amide bonds. The minimum Gasteiger partial charge on any atom is -0.380 e. The van der Waals surface area contributed by atoms with E-state index in [1.54, 1.807) is 11.3 Å². The van der Waals surface area contributed by atoms with E-state index in [9.17, 15) is 0 Å². The van der Waals surface area contributed by atoms with Crippen LogP contribution in [0.3, 0.4) is 0 Å². The van der Waals surface area contributed by atoms with Gasteiger partial charge in [-0.3, -0.25) is 0 Å². The summed E-state index contributed by atoms with van der Waals surface area (Å²) in [6, 6.07) is 6.28. The number of hydrogen-bond acceptors (Lipinski definition) is 3. The third kappa shape index (κ3) is 2.62. The number of anilines is 1. The fourth-order valence-corrected chi connectivity index (χ4v) is 2.40. The first kappa shape index (κ1) is 11.6. The lowest BCUT2D eigenvalue weighted by atomic mass is 10.2. The van der Waals surface area contributed by atoms with Crippen LogP contribution in [0.15, 0.2) is 28.2 Å². The SMILES string of the molecule is Cc1cc(NCc2scnc2C)ccc1Br. The van der Waals surface area contributed by atoms with Gasteiger partial charge in [-0.25, -0.2) is 4.98 Å². The Balaban J connectivity index is 2.05. The molecule has 0 aliphatic heterocycles. The molecule has 2 nitrogen and oxygen atoms in total. The van der Waals surface area contributed by atoms with Gasteiger partial charge in [-0.1, -0.05) is 15.9 Å². The van der Waals surface area contributed by atoms with Gasteiger partial charge in [0.05, 0.1) is 17.7 Å². The zero-order valence-electron chi connectivity index (χ0n) is 9.25. The average molecular weight is 297 g/mol. The zero-order valence-corrected chi connectivity index (χ0v) is 11.7. The molecule has 1 aromatic heterocycles. The molecule has 0 saturated carbocycles. The van der Waals surface area contributed by atoms with Crippen LogP contribution >= 0.6 is 27.3 Å². The highest BCUT2D eigenvalue weighted by molar-refractivity contribution is 9.10. The maximum atomic E-state index is 4.23. The molecule has 0 aliphatic carbocycles. The Bertz CT molecular complexity index is 494. The topological polar surface area (TPSA) is 24.9 Å². The molecule has 2 aromatic rings. The van der Waals surface area contributed by atoms with E-state index in [-0.39, 0.29) is 0 Å². The molecule has 0 atom stereocenters. The van der Waals surface area contributed by atoms with E-state index in [0.29, 0.717) is 0 Å². The van der Waals surface area contributed by atoms with Crippen molar-refractivity contribution in [3.63, 3.8) is 0 Å². The molecule has 0 fully saturated rings. The fraction of sp³-hybridized carbons (Fsp3) is 0.250. The van der Waals surface area contributed by atoms with Crippen molar-refractivity contribution in [2.24, 2.45) is 0 Å². The van der Waals surface area contributed by atoms with Crippen LogP contribution in [0.5, 0.6) is 0 Å². The van der Waals surface area contributed by atoms with E-state index in [1.165, 1.54) is 10.4 Å². The number of nitrogens with zero attached hydrogens (tertiary/aromatic N) is 1. The summed E-state index contributed by atoms with van der Waals surface area (Å²) in [6.07, 6.45) is 0. The number of nitrogens with one attached hydrogen (secondary N) is 1. The molecule has 0 saturated heterocycles. The Morgan fingerprint density at radius 1 is 1.38 bits per heavy atom. The molecule has 1 N–H and O–H groups in total. The summed E-state index contributed by atoms with van der Waals surface area (Å²) >= 11 is 5.19. The van der Waals surface area contributed by atoms with Gasteiger partial charge in [0.1, 0.15) is 0 Å². The number of benzene rings is 1. The molecular weight excluding hydrogens is 284 g/mol. The van der Waals surface area contributed by atoms with Crippen molar-refractivity contribution >= 4 is 33.0 Å². The molecule has 1 aromatic carbocycles. The maximum absolute atomic E-state index is 4.23. The van der Waals surface area contributed by atoms with Crippen LogP contribution in [-0.4, -0.2) is 4.98 Å². The Labute approximate surface area is 108 Å². The molecule has 1 heterocycles. The van der Waals surface area contributed by atoms with Gasteiger partial charge >= 0.3 is 0 Å². The summed E-state index contributed by atoms with van der Waals surface area (Å²) in [5.41, 5.74) is 5.39. The largest absolute Gasteiger partial charge is 0.380 e. The highest BCUT2D eigenvalue weighted by atomic mass is 79.9. The van der Waals surface area contributed by atoms with Gasteiger partial charge < -0.3 is 5.32 Å². The Hall–Kier alpha value is -0.870. The van der Waals surface area contributed by atoms with Gasteiger partial charge in [-0.2, -0.15) is 0 Å². The van der Waals surface area contributed by atoms with Crippen molar-refractivity contribution in [2.45, 2.75) is 20.4 Å². The van der Waals surface area contributed by atoms with Gasteiger partial charge in [-0.15, -0.1) is 11.3 Å². The van der Waals surface area contributed by atoms with E-state index < -0.39 is 0 Å². The predicted octanol–water partition coefficient (Wildman–Crippen LogP) is 4.13. The van der Waals surface area contributed by atoms with Crippen molar-refractivity contribution < 1.29 is 0 Å². The summed E-state index contributed by atoms with van der Waals surface area (Å²) < 4.78 is 1.15. The second-order valence-electron chi connectivity index (χ2n) is 3.68. The van der Waals surface area contributed by atoms with Crippen molar-refractivity contribution in [1.29, 1.82) is 0 Å². The molecule has 16 heavy (non-hydrogen) atoms. The minimum absolute atomic E-state index is 0.845. The lowest BCUT2D eigenvalue weighted by Crippen LogP contribution is -1.99. The summed E-state index contributed by atoms with van der Waals surface area (Å²) in [6.45, 7) is 4.98. The van der Waals surface area contributed by atoms with Crippen LogP contribution < -0.4 is 5.32 Å². The highest BCUT2D eigenvalue weighted by Crippen LogP contribution is 2.21. The molecule has 2 rings (SSSR count). The second-order valence-corrected chi connectivity index (χ2v) is 5.47. The minimum atomic E-state index is 0.845. The van der Waals surface area contributed by atoms with Crippen LogP contribution in [0.4, 0.5) is 5.69 Å². The first-order chi connectivity index (χ1) is 7.66. The number of thiazole rings is 1. The summed E-state index contributed by atoms with van der Waals surface area (Å²) in [7, 11) is 0. The van der Waals surface area contributed by atoms with Gasteiger partial charge in [0.25, 0.3) is 0 Å². The zero-order chi connectivity index (χ0) is 11.5. The van der Waals surface area contributed by atoms with Crippen molar-refractivity contribution in [3.8, 4) is 0 Å². The number of aromatic nitrogens is 1. The van der Waals surface area contributed by atoms with E-state index in [0.717, 1.165) is 22.4 Å². The predicted molar refractivity (Wildman–Crippen MR) is 73.1 cm³/mol. The summed E-state index contributed by atoms with van der Waals surface area (Å²) in [5.74, 6) is 0. The van der Waals surface area contributed by atoms with Gasteiger partial charge in [0, 0.05) is 15.0 Å². The number of hydrogen-bond donors (Lipinski definition) is 1. The van der Waals surface area contributed by atoms with Gasteiger partial charge in [0.15, 0.2) is 0 Å². The molecular formula is C12H13BrN2S. The van der Waals surface area contributed by atoms with Crippen LogP contribution in [0, 0.1) is 13.8 Å². The van der Waals surface area contributed by atoms with Crippen molar-refractivity contribution in [2.75, 3.05) is 5.32 Å². The molecule has 4 heteroatoms. The smallest absolute Gasteiger partial charge is 0.0798 e. The maximum Gasteiger partial charge on any atom is 0.0798 e. The number of aryl methyl sites for hydroxylation is 2. The second kappa shape index (κ2) is 4.97. The number of rotatable bonds is 3.